The molecule has 2 aromatic carbocycles. The molecule has 0 unspecified atom stereocenters. The van der Waals surface area contributed by atoms with Crippen molar-refractivity contribution in [3.05, 3.63) is 48.5 Å². The quantitative estimate of drug-likeness (QED) is 0.432. The van der Waals surface area contributed by atoms with Gasteiger partial charge < -0.3 is 15.4 Å². The summed E-state index contributed by atoms with van der Waals surface area (Å²) in [6.07, 6.45) is -4.39. The highest BCUT2D eigenvalue weighted by Crippen LogP contribution is 2.33. The number of likely N-dealkylation sites (N-methyl/N-ethyl adjacent to an activating group) is 1. The van der Waals surface area contributed by atoms with E-state index in [9.17, 15) is 18.0 Å². The van der Waals surface area contributed by atoms with E-state index in [0.717, 1.165) is 0 Å². The van der Waals surface area contributed by atoms with E-state index in [4.69, 9.17) is 0 Å². The highest BCUT2D eigenvalue weighted by Gasteiger charge is 2.32. The average molecular weight is 458 g/mol. The van der Waals surface area contributed by atoms with Gasteiger partial charge in [-0.15, -0.1) is 18.3 Å². The number of hydrogen-bond donors (Lipinski definition) is 2. The van der Waals surface area contributed by atoms with Gasteiger partial charge in [-0.3, -0.25) is 4.79 Å². The van der Waals surface area contributed by atoms with Gasteiger partial charge in [-0.25, -0.2) is 9.97 Å². The number of halogens is 3. The molecule has 2 heterocycles. The average Bonchev–Trinajstić information content (AvgIpc) is 3.22. The van der Waals surface area contributed by atoms with Gasteiger partial charge in [0.1, 0.15) is 11.8 Å². The van der Waals surface area contributed by atoms with E-state index >= 15 is 0 Å². The van der Waals surface area contributed by atoms with Gasteiger partial charge in [0, 0.05) is 11.9 Å². The number of benzene rings is 2. The van der Waals surface area contributed by atoms with Crippen LogP contribution in [0.4, 0.5) is 19.1 Å². The van der Waals surface area contributed by atoms with Crippen molar-refractivity contribution >= 4 is 28.4 Å². The maximum Gasteiger partial charge on any atom is 0.573 e. The Kier molecular flexibility index (Phi) is 6.03. The highest BCUT2D eigenvalue weighted by atomic mass is 19.4. The summed E-state index contributed by atoms with van der Waals surface area (Å²) in [5.74, 6) is -0.342. The summed E-state index contributed by atoms with van der Waals surface area (Å²) in [5.41, 5.74) is 1.05. The van der Waals surface area contributed by atoms with Crippen LogP contribution < -0.4 is 15.4 Å². The number of nitrogens with zero attached hydrogens (tertiary/aromatic N) is 4. The summed E-state index contributed by atoms with van der Waals surface area (Å²) in [5, 5.41) is 10.9. The fraction of sp³-hybridized carbons (Fsp3) is 0.273. The Hall–Kier alpha value is -3.89. The first-order valence-corrected chi connectivity index (χ1v) is 10.4. The molecule has 4 rings (SSSR count). The smallest absolute Gasteiger partial charge is 0.405 e. The number of carbonyl (C=O) groups excluding carboxylic acids is 1. The van der Waals surface area contributed by atoms with Crippen molar-refractivity contribution in [2.24, 2.45) is 0 Å². The second-order valence-corrected chi connectivity index (χ2v) is 7.17. The number of aromatic nitrogens is 4. The number of fused-ring (bicyclic) bond motifs is 3. The Bertz CT molecular complexity index is 1300. The van der Waals surface area contributed by atoms with Gasteiger partial charge in [0.05, 0.1) is 11.1 Å². The maximum atomic E-state index is 12.9. The van der Waals surface area contributed by atoms with Gasteiger partial charge in [-0.05, 0) is 37.6 Å². The number of hydrogen-bond acceptors (Lipinski definition) is 6. The van der Waals surface area contributed by atoms with Crippen LogP contribution in [0.5, 0.6) is 5.75 Å². The number of carbonyl (C=O) groups is 1. The van der Waals surface area contributed by atoms with Gasteiger partial charge in [0.15, 0.2) is 11.5 Å². The number of anilines is 1. The van der Waals surface area contributed by atoms with Crippen LogP contribution in [-0.4, -0.2) is 44.4 Å². The van der Waals surface area contributed by atoms with Crippen LogP contribution >= 0.6 is 0 Å². The highest BCUT2D eigenvalue weighted by molar-refractivity contribution is 5.93. The van der Waals surface area contributed by atoms with Gasteiger partial charge >= 0.3 is 6.36 Å². The van der Waals surface area contributed by atoms with Crippen molar-refractivity contribution in [3.8, 4) is 17.1 Å². The fourth-order valence-corrected chi connectivity index (χ4v) is 3.43. The molecule has 2 N–H and O–H groups in total. The number of rotatable bonds is 7. The second kappa shape index (κ2) is 8.93. The minimum Gasteiger partial charge on any atom is -0.405 e. The molecule has 0 radical (unpaired) electrons. The third-order valence-corrected chi connectivity index (χ3v) is 4.91. The summed E-state index contributed by atoms with van der Waals surface area (Å²) in [4.78, 5) is 21.5. The van der Waals surface area contributed by atoms with Crippen molar-refractivity contribution in [2.45, 2.75) is 32.7 Å². The van der Waals surface area contributed by atoms with Crippen molar-refractivity contribution in [3.63, 3.8) is 0 Å². The Morgan fingerprint density at radius 3 is 2.55 bits per heavy atom. The Morgan fingerprint density at radius 2 is 1.82 bits per heavy atom. The van der Waals surface area contributed by atoms with Crippen LogP contribution in [0.1, 0.15) is 20.3 Å². The summed E-state index contributed by atoms with van der Waals surface area (Å²) in [6, 6.07) is 12.2. The fourth-order valence-electron chi connectivity index (χ4n) is 3.43. The maximum absolute atomic E-state index is 12.9. The SMILES string of the molecule is CCNC(=O)[C@H](CC)Nc1nc2ccccc2c2nc(-c3ccccc3OC(F)(F)F)nn12. The Balaban J connectivity index is 1.87. The van der Waals surface area contributed by atoms with E-state index in [0.29, 0.717) is 29.5 Å². The molecule has 172 valence electrons. The summed E-state index contributed by atoms with van der Waals surface area (Å²) in [6.45, 7) is 4.14. The second-order valence-electron chi connectivity index (χ2n) is 7.17. The number of nitrogens with one attached hydrogen (secondary N) is 2. The van der Waals surface area contributed by atoms with E-state index in [-0.39, 0.29) is 23.2 Å². The van der Waals surface area contributed by atoms with Gasteiger partial charge in [-0.1, -0.05) is 31.2 Å². The van der Waals surface area contributed by atoms with Crippen molar-refractivity contribution in [2.75, 3.05) is 11.9 Å². The first kappa shape index (κ1) is 22.3. The summed E-state index contributed by atoms with van der Waals surface area (Å²) in [7, 11) is 0. The van der Waals surface area contributed by atoms with Crippen LogP contribution in [-0.2, 0) is 4.79 Å². The monoisotopic (exact) mass is 458 g/mol. The van der Waals surface area contributed by atoms with E-state index in [1.165, 1.54) is 22.7 Å². The van der Waals surface area contributed by atoms with Crippen molar-refractivity contribution in [1.29, 1.82) is 0 Å². The van der Waals surface area contributed by atoms with Gasteiger partial charge in [-0.2, -0.15) is 4.52 Å². The topological polar surface area (TPSA) is 93.4 Å². The van der Waals surface area contributed by atoms with Crippen LogP contribution in [0.25, 0.3) is 27.9 Å². The van der Waals surface area contributed by atoms with Crippen LogP contribution in [0.2, 0.25) is 0 Å². The zero-order chi connectivity index (χ0) is 23.6. The molecule has 0 bridgehead atoms. The molecule has 8 nitrogen and oxygen atoms in total. The minimum absolute atomic E-state index is 0.0297. The molecule has 11 heteroatoms. The van der Waals surface area contributed by atoms with Crippen LogP contribution in [0, 0.1) is 0 Å². The van der Waals surface area contributed by atoms with E-state index < -0.39 is 18.2 Å². The molecule has 0 aliphatic heterocycles. The van der Waals surface area contributed by atoms with E-state index in [2.05, 4.69) is 30.4 Å². The summed E-state index contributed by atoms with van der Waals surface area (Å²) < 4.78 is 44.3. The third-order valence-electron chi connectivity index (χ3n) is 4.91. The largest absolute Gasteiger partial charge is 0.573 e. The molecule has 0 fully saturated rings. The number of amides is 1. The minimum atomic E-state index is -4.86. The lowest BCUT2D eigenvalue weighted by Crippen LogP contribution is -2.39. The molecular weight excluding hydrogens is 437 g/mol. The molecule has 0 aliphatic carbocycles. The molecule has 0 saturated heterocycles. The predicted molar refractivity (Wildman–Crippen MR) is 117 cm³/mol. The van der Waals surface area contributed by atoms with E-state index in [1.807, 2.05) is 13.8 Å². The predicted octanol–water partition coefficient (Wildman–Crippen LogP) is 4.17. The number of ether oxygens (including phenoxy) is 1. The molecule has 4 aromatic rings. The molecule has 0 spiro atoms. The van der Waals surface area contributed by atoms with Crippen molar-refractivity contribution in [1.82, 2.24) is 24.9 Å². The van der Waals surface area contributed by atoms with Crippen molar-refractivity contribution < 1.29 is 22.7 Å². The zero-order valence-electron chi connectivity index (χ0n) is 17.8. The molecular formula is C22H21F3N6O2. The first-order valence-electron chi connectivity index (χ1n) is 10.4. The van der Waals surface area contributed by atoms with Gasteiger partial charge in [0.25, 0.3) is 0 Å². The third kappa shape index (κ3) is 4.66. The molecule has 0 aliphatic rings. The molecule has 33 heavy (non-hydrogen) atoms. The van der Waals surface area contributed by atoms with Crippen LogP contribution in [0.3, 0.4) is 0 Å². The van der Waals surface area contributed by atoms with E-state index in [1.54, 1.807) is 30.3 Å². The molecule has 1 amide bonds. The molecule has 1 atom stereocenters. The molecule has 0 saturated carbocycles. The lowest BCUT2D eigenvalue weighted by atomic mass is 10.2. The lowest BCUT2D eigenvalue weighted by molar-refractivity contribution is -0.274. The zero-order valence-corrected chi connectivity index (χ0v) is 17.8. The summed E-state index contributed by atoms with van der Waals surface area (Å²) >= 11 is 0. The Morgan fingerprint density at radius 1 is 1.09 bits per heavy atom. The van der Waals surface area contributed by atoms with Crippen LogP contribution in [0.15, 0.2) is 48.5 Å². The Labute approximate surface area is 186 Å². The normalized spacial score (nSPS) is 12.6. The molecule has 2 aromatic heterocycles. The lowest BCUT2D eigenvalue weighted by Gasteiger charge is -2.17. The number of para-hydroxylation sites is 2. The standard InChI is InChI=1S/C22H21F3N6O2/c1-3-15(20(32)26-4-2)27-21-28-16-11-7-5-9-13(16)19-29-18(30-31(19)21)14-10-6-8-12-17(14)33-22(23,24)25/h5-12,15H,3-4H2,1-2H3,(H,26,32)(H,27,28)/t15-/m0/s1. The van der Waals surface area contributed by atoms with Gasteiger partial charge in [0.2, 0.25) is 11.9 Å². The first-order chi connectivity index (χ1) is 15.8. The number of alkyl halides is 3.